The van der Waals surface area contributed by atoms with Crippen LogP contribution in [0.2, 0.25) is 0 Å². The molecule has 2 fully saturated rings. The van der Waals surface area contributed by atoms with E-state index in [1.165, 1.54) is 0 Å². The molecule has 3 aliphatic rings. The van der Waals surface area contributed by atoms with Gasteiger partial charge in [-0.3, -0.25) is 9.48 Å². The molecule has 1 amide bonds. The summed E-state index contributed by atoms with van der Waals surface area (Å²) in [6, 6.07) is 5.73. The van der Waals surface area contributed by atoms with Gasteiger partial charge in [0.25, 0.3) is 0 Å². The van der Waals surface area contributed by atoms with Gasteiger partial charge in [-0.25, -0.2) is 9.18 Å². The second-order valence-electron chi connectivity index (χ2n) is 9.07. The summed E-state index contributed by atoms with van der Waals surface area (Å²) >= 11 is 0. The van der Waals surface area contributed by atoms with Gasteiger partial charge in [0.15, 0.2) is 5.69 Å². The van der Waals surface area contributed by atoms with Gasteiger partial charge >= 0.3 is 5.97 Å². The third kappa shape index (κ3) is 2.94. The number of rotatable bonds is 4. The molecule has 0 radical (unpaired) electrons. The van der Waals surface area contributed by atoms with Crippen molar-refractivity contribution in [2.75, 3.05) is 13.1 Å². The van der Waals surface area contributed by atoms with Gasteiger partial charge in [0.05, 0.1) is 0 Å². The minimum atomic E-state index is -1.42. The van der Waals surface area contributed by atoms with Crippen molar-refractivity contribution >= 4 is 11.9 Å². The van der Waals surface area contributed by atoms with Gasteiger partial charge in [0.1, 0.15) is 12.2 Å². The number of alkyl halides is 1. The molecule has 0 bridgehead atoms. The van der Waals surface area contributed by atoms with Crippen LogP contribution in [-0.2, 0) is 23.4 Å². The fourth-order valence-corrected chi connectivity index (χ4v) is 5.32. The molecule has 2 aromatic rings. The summed E-state index contributed by atoms with van der Waals surface area (Å²) in [7, 11) is 0. The average molecular weight is 411 g/mol. The molecule has 1 N–H and O–H groups in total. The summed E-state index contributed by atoms with van der Waals surface area (Å²) in [4.78, 5) is 26.2. The molecule has 5 rings (SSSR count). The van der Waals surface area contributed by atoms with E-state index in [-0.39, 0.29) is 31.0 Å². The molecule has 2 atom stereocenters. The number of aromatic carboxylic acids is 1. The molecule has 1 aromatic heterocycles. The fraction of sp³-hybridized carbons (Fsp3) is 0.522. The molecular weight excluding hydrogens is 385 g/mol. The predicted molar refractivity (Wildman–Crippen MR) is 108 cm³/mol. The van der Waals surface area contributed by atoms with E-state index in [1.54, 1.807) is 9.58 Å². The largest absolute Gasteiger partial charge is 0.476 e. The van der Waals surface area contributed by atoms with Crippen molar-refractivity contribution in [1.29, 1.82) is 0 Å². The summed E-state index contributed by atoms with van der Waals surface area (Å²) < 4.78 is 17.3. The molecule has 1 saturated heterocycles. The summed E-state index contributed by atoms with van der Waals surface area (Å²) in [6.07, 6.45) is 2.36. The lowest BCUT2D eigenvalue weighted by Gasteiger charge is -2.37. The number of carbonyl (C=O) groups excluding carboxylic acids is 1. The normalized spacial score (nSPS) is 23.8. The number of carboxylic acid groups (broad SMARTS) is 1. The van der Waals surface area contributed by atoms with Gasteiger partial charge in [-0.1, -0.05) is 18.2 Å². The first-order valence-corrected chi connectivity index (χ1v) is 10.6. The summed E-state index contributed by atoms with van der Waals surface area (Å²) in [5, 5.41) is 13.7. The van der Waals surface area contributed by atoms with Gasteiger partial charge in [-0.15, -0.1) is 0 Å². The minimum Gasteiger partial charge on any atom is -0.476 e. The summed E-state index contributed by atoms with van der Waals surface area (Å²) in [6.45, 7) is 4.66. The third-order valence-corrected chi connectivity index (χ3v) is 7.33. The number of aromatic nitrogens is 2. The zero-order valence-corrected chi connectivity index (χ0v) is 17.3. The van der Waals surface area contributed by atoms with E-state index in [9.17, 15) is 14.7 Å². The Morgan fingerprint density at radius 2 is 2.00 bits per heavy atom. The molecule has 158 valence electrons. The molecule has 1 aliphatic heterocycles. The highest BCUT2D eigenvalue weighted by Gasteiger charge is 2.50. The van der Waals surface area contributed by atoms with Crippen LogP contribution in [0, 0.1) is 19.8 Å². The topological polar surface area (TPSA) is 75.4 Å². The monoisotopic (exact) mass is 411 g/mol. The van der Waals surface area contributed by atoms with Crippen LogP contribution in [0.1, 0.15) is 63.6 Å². The molecule has 6 nitrogen and oxygen atoms in total. The van der Waals surface area contributed by atoms with Crippen molar-refractivity contribution in [3.8, 4) is 0 Å². The van der Waals surface area contributed by atoms with Crippen LogP contribution in [0.4, 0.5) is 4.39 Å². The second-order valence-corrected chi connectivity index (χ2v) is 9.07. The van der Waals surface area contributed by atoms with Crippen molar-refractivity contribution in [2.45, 2.75) is 57.7 Å². The van der Waals surface area contributed by atoms with E-state index in [1.807, 2.05) is 32.0 Å². The number of piperidine rings is 1. The summed E-state index contributed by atoms with van der Waals surface area (Å²) in [5.41, 5.74) is 3.18. The van der Waals surface area contributed by atoms with Crippen LogP contribution in [0.5, 0.6) is 0 Å². The molecule has 1 saturated carbocycles. The van der Waals surface area contributed by atoms with E-state index >= 15 is 4.39 Å². The third-order valence-electron chi connectivity index (χ3n) is 7.33. The van der Waals surface area contributed by atoms with Crippen molar-refractivity contribution in [2.24, 2.45) is 5.92 Å². The van der Waals surface area contributed by atoms with Crippen LogP contribution in [0.25, 0.3) is 0 Å². The van der Waals surface area contributed by atoms with Crippen LogP contribution in [-0.4, -0.2) is 44.8 Å². The van der Waals surface area contributed by atoms with Gasteiger partial charge in [-0.05, 0) is 55.2 Å². The number of carboxylic acids is 1. The lowest BCUT2D eigenvalue weighted by atomic mass is 9.82. The fourth-order valence-electron chi connectivity index (χ4n) is 5.32. The van der Waals surface area contributed by atoms with Crippen molar-refractivity contribution in [3.05, 3.63) is 51.8 Å². The van der Waals surface area contributed by atoms with Gasteiger partial charge in [0, 0.05) is 37.2 Å². The Morgan fingerprint density at radius 3 is 2.70 bits per heavy atom. The number of fused-ring (bicyclic) bond motifs is 3. The SMILES string of the molecule is Cc1cccc(C2(F)CCN(C(=O)Cn3nc(C(=O)O)c4c3CC3CC43)CC2)c1C. The molecule has 0 spiro atoms. The van der Waals surface area contributed by atoms with Gasteiger partial charge < -0.3 is 10.0 Å². The zero-order chi connectivity index (χ0) is 21.2. The van der Waals surface area contributed by atoms with Gasteiger partial charge in [-0.2, -0.15) is 5.10 Å². The Morgan fingerprint density at radius 1 is 1.27 bits per heavy atom. The first-order valence-electron chi connectivity index (χ1n) is 10.6. The highest BCUT2D eigenvalue weighted by atomic mass is 19.1. The Labute approximate surface area is 174 Å². The first kappa shape index (κ1) is 19.3. The maximum atomic E-state index is 15.7. The number of benzene rings is 1. The van der Waals surface area contributed by atoms with Crippen LogP contribution in [0.15, 0.2) is 18.2 Å². The number of hydrogen-bond acceptors (Lipinski definition) is 3. The molecule has 1 aromatic carbocycles. The average Bonchev–Trinajstić information content (AvgIpc) is 3.23. The van der Waals surface area contributed by atoms with Crippen molar-refractivity contribution < 1.29 is 19.1 Å². The maximum Gasteiger partial charge on any atom is 0.356 e. The molecule has 7 heteroatoms. The van der Waals surface area contributed by atoms with Crippen molar-refractivity contribution in [1.82, 2.24) is 14.7 Å². The molecule has 2 aliphatic carbocycles. The predicted octanol–water partition coefficient (Wildman–Crippen LogP) is 3.35. The first-order chi connectivity index (χ1) is 14.3. The van der Waals surface area contributed by atoms with Crippen LogP contribution < -0.4 is 0 Å². The van der Waals surface area contributed by atoms with Crippen LogP contribution in [0.3, 0.4) is 0 Å². The number of nitrogens with zero attached hydrogens (tertiary/aromatic N) is 3. The second kappa shape index (κ2) is 6.65. The van der Waals surface area contributed by atoms with E-state index in [0.29, 0.717) is 24.9 Å². The van der Waals surface area contributed by atoms with Crippen molar-refractivity contribution in [3.63, 3.8) is 0 Å². The number of halogens is 1. The summed E-state index contributed by atoms with van der Waals surface area (Å²) in [5.74, 6) is -0.341. The lowest BCUT2D eigenvalue weighted by molar-refractivity contribution is -0.134. The highest BCUT2D eigenvalue weighted by Crippen LogP contribution is 2.57. The van der Waals surface area contributed by atoms with Gasteiger partial charge in [0.2, 0.25) is 5.91 Å². The highest BCUT2D eigenvalue weighted by molar-refractivity contribution is 5.88. The molecule has 30 heavy (non-hydrogen) atoms. The minimum absolute atomic E-state index is 0.0256. The molecule has 2 unspecified atom stereocenters. The van der Waals surface area contributed by atoms with E-state index < -0.39 is 11.6 Å². The Hall–Kier alpha value is -2.70. The number of carbonyl (C=O) groups is 2. The Bertz CT molecular complexity index is 1050. The maximum absolute atomic E-state index is 15.7. The molecule has 2 heterocycles. The van der Waals surface area contributed by atoms with Crippen LogP contribution >= 0.6 is 0 Å². The number of likely N-dealkylation sites (tertiary alicyclic amines) is 1. The molecular formula is C23H26FN3O3. The number of amides is 1. The van der Waals surface area contributed by atoms with E-state index in [2.05, 4.69) is 5.10 Å². The smallest absolute Gasteiger partial charge is 0.356 e. The van der Waals surface area contributed by atoms with E-state index in [4.69, 9.17) is 0 Å². The number of aryl methyl sites for hydroxylation is 1. The zero-order valence-electron chi connectivity index (χ0n) is 17.3. The Balaban J connectivity index is 1.29. The quantitative estimate of drug-likeness (QED) is 0.837. The Kier molecular flexibility index (Phi) is 4.27. The lowest BCUT2D eigenvalue weighted by Crippen LogP contribution is -2.45. The number of hydrogen-bond donors (Lipinski definition) is 1. The standard InChI is InChI=1S/C23H26FN3O3/c1-13-4-3-5-17(14(13)2)23(24)6-8-26(9-7-23)19(28)12-27-18-11-15-10-16(15)20(18)21(25-27)22(29)30/h3-5,15-16H,6-12H2,1-2H3,(H,29,30). The van der Waals surface area contributed by atoms with E-state index in [0.717, 1.165) is 40.8 Å².